The van der Waals surface area contributed by atoms with Gasteiger partial charge in [0, 0.05) is 11.8 Å². The van der Waals surface area contributed by atoms with Crippen LogP contribution in [0.3, 0.4) is 0 Å². The summed E-state index contributed by atoms with van der Waals surface area (Å²) in [6, 6.07) is 24.6. The minimum absolute atomic E-state index is 0. The first kappa shape index (κ1) is 23.5. The van der Waals surface area contributed by atoms with Gasteiger partial charge >= 0.3 is 20.4 Å². The number of allylic oxidation sites excluding steroid dienone is 2. The monoisotopic (exact) mass is 548 g/mol. The van der Waals surface area contributed by atoms with Crippen molar-refractivity contribution < 1.29 is 24.8 Å². The maximum absolute atomic E-state index is 6.17. The van der Waals surface area contributed by atoms with Gasteiger partial charge in [0.15, 0.2) is 0 Å². The third-order valence-corrected chi connectivity index (χ3v) is 7.03. The van der Waals surface area contributed by atoms with Crippen molar-refractivity contribution in [2.45, 2.75) is 40.5 Å². The summed E-state index contributed by atoms with van der Waals surface area (Å²) >= 11 is 0. The van der Waals surface area contributed by atoms with Crippen LogP contribution >= 0.6 is 0 Å². The Morgan fingerprint density at radius 2 is 1.49 bits per heavy atom. The van der Waals surface area contributed by atoms with E-state index in [-0.39, 0.29) is 20.4 Å². The predicted octanol–water partition coefficient (Wildman–Crippen LogP) is 8.16. The van der Waals surface area contributed by atoms with Gasteiger partial charge in [0.25, 0.3) is 0 Å². The van der Waals surface area contributed by atoms with Crippen LogP contribution in [0.4, 0.5) is 0 Å². The number of hydrogen-bond acceptors (Lipinski definition) is 2. The van der Waals surface area contributed by atoms with Gasteiger partial charge in [-0.25, -0.2) is 0 Å². The molecule has 1 aromatic carbocycles. The first-order chi connectivity index (χ1) is 16.6. The maximum atomic E-state index is 6.17. The Morgan fingerprint density at radius 3 is 2.17 bits per heavy atom. The Hall–Kier alpha value is -3.19. The second kappa shape index (κ2) is 9.12. The van der Waals surface area contributed by atoms with Crippen LogP contribution in [0, 0.1) is 13.0 Å². The molecule has 0 N–H and O–H groups in total. The minimum atomic E-state index is 0. The van der Waals surface area contributed by atoms with E-state index in [9.17, 15) is 0 Å². The van der Waals surface area contributed by atoms with E-state index in [1.165, 1.54) is 33.4 Å². The van der Waals surface area contributed by atoms with Gasteiger partial charge < -0.3 is 9.40 Å². The van der Waals surface area contributed by atoms with Crippen LogP contribution in [0.15, 0.2) is 65.1 Å². The minimum Gasteiger partial charge on any atom is -0.664 e. The molecule has 6 rings (SSSR count). The molecule has 1 aliphatic heterocycles. The zero-order valence-corrected chi connectivity index (χ0v) is 21.9. The van der Waals surface area contributed by atoms with E-state index in [1.54, 1.807) is 0 Å². The molecular weight excluding hydrogens is 523 g/mol. The molecule has 0 saturated carbocycles. The number of furan rings is 1. The van der Waals surface area contributed by atoms with Gasteiger partial charge in [-0.05, 0) is 56.0 Å². The van der Waals surface area contributed by atoms with Crippen LogP contribution in [0.2, 0.25) is 0 Å². The molecule has 0 saturated heterocycles. The van der Waals surface area contributed by atoms with Crippen molar-refractivity contribution in [3.63, 3.8) is 0 Å². The van der Waals surface area contributed by atoms with Crippen LogP contribution in [0.1, 0.15) is 49.7 Å². The zero-order valence-electron chi connectivity index (χ0n) is 20.3. The van der Waals surface area contributed by atoms with E-state index in [0.29, 0.717) is 0 Å². The van der Waals surface area contributed by atoms with Crippen molar-refractivity contribution in [3.8, 4) is 22.3 Å². The zero-order chi connectivity index (χ0) is 23.4. The summed E-state index contributed by atoms with van der Waals surface area (Å²) in [5, 5.41) is 0. The second-order valence-electron chi connectivity index (χ2n) is 8.99. The Balaban J connectivity index is 0.00000253. The van der Waals surface area contributed by atoms with Crippen molar-refractivity contribution in [2.75, 3.05) is 0 Å². The van der Waals surface area contributed by atoms with Crippen molar-refractivity contribution >= 4 is 33.3 Å². The molecule has 0 atom stereocenters. The van der Waals surface area contributed by atoms with E-state index >= 15 is 0 Å². The molecule has 0 radical (unpaired) electrons. The molecule has 0 fully saturated rings. The molecule has 3 nitrogen and oxygen atoms in total. The van der Waals surface area contributed by atoms with E-state index in [1.807, 2.05) is 24.3 Å². The number of hydrogen-bond donors (Lipinski definition) is 0. The van der Waals surface area contributed by atoms with Crippen LogP contribution in [-0.4, -0.2) is 4.98 Å². The first-order valence-electron chi connectivity index (χ1n) is 12.0. The molecule has 0 amide bonds. The van der Waals surface area contributed by atoms with Gasteiger partial charge in [0.05, 0.1) is 5.69 Å². The summed E-state index contributed by atoms with van der Waals surface area (Å²) in [5.74, 6) is 0. The summed E-state index contributed by atoms with van der Waals surface area (Å²) in [6.45, 7) is 8.68. The van der Waals surface area contributed by atoms with Gasteiger partial charge in [-0.2, -0.15) is 5.52 Å². The van der Waals surface area contributed by atoms with Crippen molar-refractivity contribution in [1.29, 1.82) is 0 Å². The molecule has 2 aliphatic rings. The summed E-state index contributed by atoms with van der Waals surface area (Å²) in [4.78, 5) is 10.0. The standard InChI is InChI=1S/C31H26N2O.Pd/c1-5-24-18(3)28-14-20-13-21(27-10-8-7-9-26(20)27)15-29-19(4)25(6-2)31(33-29)17-23-12-11-22(34-23)16-30(24)32-28;/h7-12,14-17H,5-6H2,1-4H3;/q-2;+2. The van der Waals surface area contributed by atoms with Crippen molar-refractivity contribution in [2.24, 2.45) is 0 Å². The number of aromatic nitrogens is 2. The first-order valence-corrected chi connectivity index (χ1v) is 12.0. The SMILES string of the molecule is CCC1=C(C)c2cc3[c-]c(cc4[n-]c(cc5ccc(cc1n2)o5)c(CC)c4C)-c1ccccc1-3.[Pd+2]. The topological polar surface area (TPSA) is 40.1 Å². The molecule has 4 aromatic rings. The van der Waals surface area contributed by atoms with E-state index in [4.69, 9.17) is 14.4 Å². The quantitative estimate of drug-likeness (QED) is 0.165. The van der Waals surface area contributed by atoms with Gasteiger partial charge in [-0.15, -0.1) is 39.9 Å². The molecule has 3 aromatic heterocycles. The molecule has 35 heavy (non-hydrogen) atoms. The van der Waals surface area contributed by atoms with Crippen molar-refractivity contribution in [1.82, 2.24) is 9.97 Å². The largest absolute Gasteiger partial charge is 2.00 e. The van der Waals surface area contributed by atoms with E-state index in [0.717, 1.165) is 57.6 Å². The van der Waals surface area contributed by atoms with Gasteiger partial charge in [-0.3, -0.25) is 4.98 Å². The molecule has 0 spiro atoms. The fraction of sp³-hybridized carbons (Fsp3) is 0.194. The summed E-state index contributed by atoms with van der Waals surface area (Å²) in [6.07, 6.45) is 1.84. The predicted molar refractivity (Wildman–Crippen MR) is 140 cm³/mol. The van der Waals surface area contributed by atoms with Crippen LogP contribution in [0.5, 0.6) is 0 Å². The maximum Gasteiger partial charge on any atom is 2.00 e. The summed E-state index contributed by atoms with van der Waals surface area (Å²) < 4.78 is 6.17. The van der Waals surface area contributed by atoms with Gasteiger partial charge in [0.2, 0.25) is 0 Å². The smallest absolute Gasteiger partial charge is 0.664 e. The second-order valence-corrected chi connectivity index (χ2v) is 8.99. The molecule has 4 heterocycles. The van der Waals surface area contributed by atoms with Crippen LogP contribution in [0.25, 0.3) is 55.6 Å². The van der Waals surface area contributed by atoms with Gasteiger partial charge in [-0.1, -0.05) is 55.3 Å². The van der Waals surface area contributed by atoms with Crippen LogP contribution in [-0.2, 0) is 26.8 Å². The van der Waals surface area contributed by atoms with E-state index in [2.05, 4.69) is 70.2 Å². The van der Waals surface area contributed by atoms with Gasteiger partial charge in [0.1, 0.15) is 11.2 Å². The third kappa shape index (κ3) is 3.92. The Bertz CT molecular complexity index is 1650. The Labute approximate surface area is 219 Å². The number of benzene rings is 1. The van der Waals surface area contributed by atoms with Crippen molar-refractivity contribution in [3.05, 3.63) is 89.2 Å². The summed E-state index contributed by atoms with van der Waals surface area (Å²) in [5.41, 5.74) is 15.0. The Morgan fingerprint density at radius 1 is 0.800 bits per heavy atom. The number of rotatable bonds is 2. The number of aryl methyl sites for hydroxylation is 2. The molecule has 8 bridgehead atoms. The fourth-order valence-corrected chi connectivity index (χ4v) is 5.19. The number of fused-ring (bicyclic) bond motifs is 11. The van der Waals surface area contributed by atoms with Crippen LogP contribution < -0.4 is 4.98 Å². The molecule has 1 aliphatic carbocycles. The third-order valence-electron chi connectivity index (χ3n) is 7.03. The average Bonchev–Trinajstić information content (AvgIpc) is 3.56. The Kier molecular flexibility index (Phi) is 6.13. The summed E-state index contributed by atoms with van der Waals surface area (Å²) in [7, 11) is 0. The molecule has 0 unspecified atom stereocenters. The van der Waals surface area contributed by atoms with E-state index < -0.39 is 0 Å². The average molecular weight is 549 g/mol. The molecule has 4 heteroatoms. The number of nitrogens with zero attached hydrogens (tertiary/aromatic N) is 2. The molecular formula is C31H26N2OPd. The normalized spacial score (nSPS) is 12.5. The fourth-order valence-electron chi connectivity index (χ4n) is 5.19. The molecule has 176 valence electrons.